The summed E-state index contributed by atoms with van der Waals surface area (Å²) in [7, 11) is 0. The minimum Gasteiger partial charge on any atom is -0.481 e. The summed E-state index contributed by atoms with van der Waals surface area (Å²) in [6.45, 7) is 1.86. The first-order valence-electron chi connectivity index (χ1n) is 9.52. The zero-order valence-corrected chi connectivity index (χ0v) is 15.6. The predicted octanol–water partition coefficient (Wildman–Crippen LogP) is 1.02. The van der Waals surface area contributed by atoms with Gasteiger partial charge in [0.15, 0.2) is 0 Å². The summed E-state index contributed by atoms with van der Waals surface area (Å²) in [5.74, 6) is -1.96. The Morgan fingerprint density at radius 3 is 2.63 bits per heavy atom. The van der Waals surface area contributed by atoms with Crippen LogP contribution in [0.3, 0.4) is 0 Å². The highest BCUT2D eigenvalue weighted by Crippen LogP contribution is 2.28. The topological polar surface area (TPSA) is 113 Å². The molecule has 2 amide bonds. The summed E-state index contributed by atoms with van der Waals surface area (Å²) >= 11 is 0. The summed E-state index contributed by atoms with van der Waals surface area (Å²) in [6.07, 6.45) is 2.46. The Morgan fingerprint density at radius 2 is 1.96 bits per heavy atom. The molecule has 1 aliphatic rings. The zero-order valence-electron chi connectivity index (χ0n) is 15.6. The van der Waals surface area contributed by atoms with E-state index in [-0.39, 0.29) is 24.2 Å². The van der Waals surface area contributed by atoms with E-state index in [0.29, 0.717) is 39.0 Å². The minimum atomic E-state index is -0.987. The Labute approximate surface area is 159 Å². The van der Waals surface area contributed by atoms with Gasteiger partial charge in [0, 0.05) is 32.0 Å². The molecule has 2 atom stereocenters. The monoisotopic (exact) mass is 375 g/mol. The maximum atomic E-state index is 12.6. The van der Waals surface area contributed by atoms with Crippen molar-refractivity contribution in [3.8, 4) is 0 Å². The maximum Gasteiger partial charge on any atom is 0.304 e. The maximum absolute atomic E-state index is 12.6. The lowest BCUT2D eigenvalue weighted by Crippen LogP contribution is -2.33. The quantitative estimate of drug-likeness (QED) is 0.535. The molecule has 0 spiro atoms. The van der Waals surface area contributed by atoms with Gasteiger partial charge in [-0.15, -0.1) is 0 Å². The number of carbonyl (C=O) groups excluding carboxylic acids is 2. The number of hydrogen-bond acceptors (Lipinski definition) is 4. The number of nitrogens with two attached hydrogens (primary N) is 1. The van der Waals surface area contributed by atoms with Crippen molar-refractivity contribution in [2.75, 3.05) is 26.2 Å². The molecule has 7 heteroatoms. The number of rotatable bonds is 11. The third-order valence-corrected chi connectivity index (χ3v) is 4.95. The number of aryl methyl sites for hydroxylation is 1. The Hall–Kier alpha value is -2.41. The summed E-state index contributed by atoms with van der Waals surface area (Å²) in [4.78, 5) is 37.3. The van der Waals surface area contributed by atoms with Crippen molar-refractivity contribution in [2.24, 2.45) is 17.6 Å². The molecular weight excluding hydrogens is 346 g/mol. The fraction of sp³-hybridized carbons (Fsp3) is 0.550. The second-order valence-electron chi connectivity index (χ2n) is 7.03. The number of carboxylic acids is 1. The minimum absolute atomic E-state index is 0.107. The van der Waals surface area contributed by atoms with Crippen molar-refractivity contribution in [1.82, 2.24) is 10.2 Å². The molecule has 0 radical (unpaired) electrons. The smallest absolute Gasteiger partial charge is 0.304 e. The third kappa shape index (κ3) is 6.67. The largest absolute Gasteiger partial charge is 0.481 e. The van der Waals surface area contributed by atoms with Gasteiger partial charge in [0.2, 0.25) is 11.8 Å². The third-order valence-electron chi connectivity index (χ3n) is 4.95. The summed E-state index contributed by atoms with van der Waals surface area (Å²) < 4.78 is 0. The second kappa shape index (κ2) is 10.7. The highest BCUT2D eigenvalue weighted by molar-refractivity contribution is 5.85. The summed E-state index contributed by atoms with van der Waals surface area (Å²) in [5, 5.41) is 12.0. The lowest BCUT2D eigenvalue weighted by Gasteiger charge is -2.17. The fourth-order valence-electron chi connectivity index (χ4n) is 3.50. The van der Waals surface area contributed by atoms with Crippen LogP contribution in [-0.2, 0) is 20.8 Å². The van der Waals surface area contributed by atoms with Crippen molar-refractivity contribution < 1.29 is 19.5 Å². The molecule has 0 unspecified atom stereocenters. The number of aliphatic carboxylic acids is 1. The molecule has 0 aliphatic carbocycles. The van der Waals surface area contributed by atoms with Crippen molar-refractivity contribution in [2.45, 2.75) is 32.1 Å². The Morgan fingerprint density at radius 1 is 1.22 bits per heavy atom. The molecule has 1 fully saturated rings. The van der Waals surface area contributed by atoms with Gasteiger partial charge in [0.25, 0.3) is 0 Å². The van der Waals surface area contributed by atoms with Gasteiger partial charge >= 0.3 is 5.97 Å². The molecule has 1 aromatic carbocycles. The van der Waals surface area contributed by atoms with Gasteiger partial charge in [-0.2, -0.15) is 0 Å². The van der Waals surface area contributed by atoms with Crippen LogP contribution in [0.25, 0.3) is 0 Å². The number of carboxylic acid groups (broad SMARTS) is 1. The van der Waals surface area contributed by atoms with E-state index in [9.17, 15) is 14.4 Å². The van der Waals surface area contributed by atoms with Crippen LogP contribution in [0.4, 0.5) is 0 Å². The molecule has 1 saturated heterocycles. The van der Waals surface area contributed by atoms with Crippen LogP contribution in [0.15, 0.2) is 30.3 Å². The van der Waals surface area contributed by atoms with Gasteiger partial charge in [-0.3, -0.25) is 14.4 Å². The van der Waals surface area contributed by atoms with E-state index >= 15 is 0 Å². The Kier molecular flexibility index (Phi) is 8.26. The zero-order chi connectivity index (χ0) is 19.6. The van der Waals surface area contributed by atoms with Crippen LogP contribution in [0, 0.1) is 11.8 Å². The summed E-state index contributed by atoms with van der Waals surface area (Å²) in [5.41, 5.74) is 6.62. The van der Waals surface area contributed by atoms with Gasteiger partial charge in [-0.1, -0.05) is 30.3 Å². The highest BCUT2D eigenvalue weighted by Gasteiger charge is 2.41. The van der Waals surface area contributed by atoms with Crippen molar-refractivity contribution in [3.05, 3.63) is 35.9 Å². The van der Waals surface area contributed by atoms with Gasteiger partial charge in [-0.05, 0) is 31.4 Å². The number of likely N-dealkylation sites (tertiary alicyclic amines) is 1. The van der Waals surface area contributed by atoms with Crippen LogP contribution in [0.2, 0.25) is 0 Å². The lowest BCUT2D eigenvalue weighted by atomic mass is 9.92. The molecule has 1 aliphatic heterocycles. The average Bonchev–Trinajstić information content (AvgIpc) is 2.94. The van der Waals surface area contributed by atoms with E-state index in [2.05, 4.69) is 17.4 Å². The molecule has 27 heavy (non-hydrogen) atoms. The highest BCUT2D eigenvalue weighted by atomic mass is 16.4. The number of benzene rings is 1. The lowest BCUT2D eigenvalue weighted by molar-refractivity contribution is -0.142. The summed E-state index contributed by atoms with van der Waals surface area (Å²) in [6, 6.07) is 10.1. The van der Waals surface area contributed by atoms with Gasteiger partial charge in [0.1, 0.15) is 0 Å². The first kappa shape index (κ1) is 20.9. The van der Waals surface area contributed by atoms with E-state index in [1.165, 1.54) is 5.56 Å². The number of hydrogen-bond donors (Lipinski definition) is 3. The normalized spacial score (nSPS) is 19.3. The van der Waals surface area contributed by atoms with Crippen LogP contribution in [0.5, 0.6) is 0 Å². The molecule has 0 bridgehead atoms. The van der Waals surface area contributed by atoms with Crippen molar-refractivity contribution in [1.29, 1.82) is 0 Å². The van der Waals surface area contributed by atoms with Crippen molar-refractivity contribution >= 4 is 17.8 Å². The molecule has 4 N–H and O–H groups in total. The first-order chi connectivity index (χ1) is 13.0. The number of amides is 2. The molecule has 2 rings (SSSR count). The van der Waals surface area contributed by atoms with E-state index in [1.807, 2.05) is 18.2 Å². The van der Waals surface area contributed by atoms with Gasteiger partial charge in [-0.25, -0.2) is 0 Å². The number of nitrogens with zero attached hydrogens (tertiary/aromatic N) is 1. The Balaban J connectivity index is 1.88. The molecule has 0 saturated carbocycles. The fourth-order valence-corrected chi connectivity index (χ4v) is 3.50. The average molecular weight is 375 g/mol. The van der Waals surface area contributed by atoms with Gasteiger partial charge < -0.3 is 21.1 Å². The van der Waals surface area contributed by atoms with E-state index in [0.717, 1.165) is 12.8 Å². The SMILES string of the molecule is NCCCC(=O)NC[C@@H]1CN(CCCc2ccccc2)C(=O)[C@H]1CC(=O)O. The first-order valence-corrected chi connectivity index (χ1v) is 9.52. The van der Waals surface area contributed by atoms with E-state index < -0.39 is 11.9 Å². The van der Waals surface area contributed by atoms with E-state index in [4.69, 9.17) is 10.8 Å². The second-order valence-corrected chi connectivity index (χ2v) is 7.03. The van der Waals surface area contributed by atoms with Crippen LogP contribution < -0.4 is 11.1 Å². The van der Waals surface area contributed by atoms with Crippen LogP contribution in [0.1, 0.15) is 31.2 Å². The molecule has 1 aromatic rings. The Bertz CT molecular complexity index is 635. The molecule has 1 heterocycles. The predicted molar refractivity (Wildman–Crippen MR) is 102 cm³/mol. The van der Waals surface area contributed by atoms with Gasteiger partial charge in [0.05, 0.1) is 12.3 Å². The van der Waals surface area contributed by atoms with Crippen molar-refractivity contribution in [3.63, 3.8) is 0 Å². The number of nitrogens with one attached hydrogen (secondary N) is 1. The van der Waals surface area contributed by atoms with Crippen LogP contribution >= 0.6 is 0 Å². The molecule has 148 valence electrons. The number of carbonyl (C=O) groups is 3. The van der Waals surface area contributed by atoms with E-state index in [1.54, 1.807) is 4.90 Å². The molecular formula is C20H29N3O4. The molecule has 0 aromatic heterocycles. The van der Waals surface area contributed by atoms with Crippen LogP contribution in [-0.4, -0.2) is 54.0 Å². The standard InChI is InChI=1S/C20H29N3O4/c21-10-4-9-18(24)22-13-16-14-23(20(27)17(16)12-19(25)26)11-5-8-15-6-2-1-3-7-15/h1-3,6-7,16-17H,4-5,8-14,21H2,(H,22,24)(H,25,26)/t16-,17+/m1/s1. The molecule has 7 nitrogen and oxygen atoms in total.